The SMILES string of the molecule is CN(C)c1c(F)ccc(F)c1C(=O)CN. The van der Waals surface area contributed by atoms with Gasteiger partial charge in [0.1, 0.15) is 11.6 Å². The minimum atomic E-state index is -0.754. The molecule has 0 amide bonds. The van der Waals surface area contributed by atoms with Crippen molar-refractivity contribution in [2.75, 3.05) is 25.5 Å². The topological polar surface area (TPSA) is 46.3 Å². The highest BCUT2D eigenvalue weighted by Crippen LogP contribution is 2.25. The van der Waals surface area contributed by atoms with Crippen molar-refractivity contribution in [3.8, 4) is 0 Å². The number of anilines is 1. The van der Waals surface area contributed by atoms with Crippen LogP contribution in [0.1, 0.15) is 10.4 Å². The highest BCUT2D eigenvalue weighted by molar-refractivity contribution is 6.02. The van der Waals surface area contributed by atoms with Crippen molar-refractivity contribution in [2.24, 2.45) is 5.73 Å². The number of ketones is 1. The van der Waals surface area contributed by atoms with Gasteiger partial charge in [0, 0.05) is 14.1 Å². The van der Waals surface area contributed by atoms with Crippen molar-refractivity contribution in [3.05, 3.63) is 29.3 Å². The molecule has 0 saturated heterocycles. The molecule has 3 nitrogen and oxygen atoms in total. The molecule has 0 aliphatic rings. The van der Waals surface area contributed by atoms with E-state index in [1.165, 1.54) is 19.0 Å². The summed E-state index contributed by atoms with van der Waals surface area (Å²) in [4.78, 5) is 12.7. The average molecular weight is 214 g/mol. The lowest BCUT2D eigenvalue weighted by atomic mass is 10.1. The third-order valence-corrected chi connectivity index (χ3v) is 1.99. The Hall–Kier alpha value is -1.49. The Bertz CT molecular complexity index is 391. The molecule has 0 unspecified atom stereocenters. The molecule has 82 valence electrons. The second-order valence-corrected chi connectivity index (χ2v) is 3.27. The molecule has 0 aliphatic carbocycles. The lowest BCUT2D eigenvalue weighted by Crippen LogP contribution is -2.21. The van der Waals surface area contributed by atoms with Crippen molar-refractivity contribution in [3.63, 3.8) is 0 Å². The van der Waals surface area contributed by atoms with Crippen LogP contribution in [0.5, 0.6) is 0 Å². The molecule has 5 heteroatoms. The Morgan fingerprint density at radius 2 is 1.87 bits per heavy atom. The zero-order chi connectivity index (χ0) is 11.6. The van der Waals surface area contributed by atoms with Gasteiger partial charge in [-0.1, -0.05) is 0 Å². The van der Waals surface area contributed by atoms with E-state index in [0.717, 1.165) is 12.1 Å². The predicted molar refractivity (Wildman–Crippen MR) is 54.1 cm³/mol. The Morgan fingerprint density at radius 3 is 2.33 bits per heavy atom. The lowest BCUT2D eigenvalue weighted by Gasteiger charge is -2.17. The van der Waals surface area contributed by atoms with Gasteiger partial charge in [-0.15, -0.1) is 0 Å². The first-order chi connectivity index (χ1) is 6.99. The van der Waals surface area contributed by atoms with Crippen LogP contribution in [0.25, 0.3) is 0 Å². The van der Waals surface area contributed by atoms with Crippen molar-refractivity contribution in [1.29, 1.82) is 0 Å². The molecule has 2 N–H and O–H groups in total. The van der Waals surface area contributed by atoms with Gasteiger partial charge < -0.3 is 10.6 Å². The number of hydrogen-bond acceptors (Lipinski definition) is 3. The fourth-order valence-corrected chi connectivity index (χ4v) is 1.35. The molecular formula is C10H12F2N2O. The molecule has 0 atom stereocenters. The van der Waals surface area contributed by atoms with E-state index >= 15 is 0 Å². The summed E-state index contributed by atoms with van der Waals surface area (Å²) in [6.45, 7) is -0.346. The number of Topliss-reactive ketones (excluding diaryl/α,β-unsaturated/α-hetero) is 1. The van der Waals surface area contributed by atoms with Gasteiger partial charge in [-0.3, -0.25) is 4.79 Å². The smallest absolute Gasteiger partial charge is 0.181 e. The number of hydrogen-bond donors (Lipinski definition) is 1. The van der Waals surface area contributed by atoms with Crippen LogP contribution < -0.4 is 10.6 Å². The summed E-state index contributed by atoms with van der Waals surface area (Å²) in [6, 6.07) is 1.91. The maximum atomic E-state index is 13.4. The van der Waals surface area contributed by atoms with Crippen LogP contribution >= 0.6 is 0 Å². The number of benzene rings is 1. The number of nitrogens with two attached hydrogens (primary N) is 1. The monoisotopic (exact) mass is 214 g/mol. The molecule has 0 aromatic heterocycles. The van der Waals surface area contributed by atoms with Gasteiger partial charge in [0.2, 0.25) is 0 Å². The summed E-state index contributed by atoms with van der Waals surface area (Å²) in [6.07, 6.45) is 0. The first-order valence-corrected chi connectivity index (χ1v) is 4.37. The second kappa shape index (κ2) is 4.35. The van der Waals surface area contributed by atoms with Crippen LogP contribution in [0.2, 0.25) is 0 Å². The maximum absolute atomic E-state index is 13.4. The van der Waals surface area contributed by atoms with Crippen molar-refractivity contribution in [2.45, 2.75) is 0 Å². The summed E-state index contributed by atoms with van der Waals surface area (Å²) in [5, 5.41) is 0. The van der Waals surface area contributed by atoms with E-state index < -0.39 is 17.4 Å². The van der Waals surface area contributed by atoms with E-state index in [1.807, 2.05) is 0 Å². The number of halogens is 2. The first kappa shape index (κ1) is 11.6. The largest absolute Gasteiger partial charge is 0.375 e. The molecule has 1 aromatic carbocycles. The molecule has 0 saturated carbocycles. The molecule has 15 heavy (non-hydrogen) atoms. The summed E-state index contributed by atoms with van der Waals surface area (Å²) >= 11 is 0. The van der Waals surface area contributed by atoms with E-state index in [1.54, 1.807) is 0 Å². The Morgan fingerprint density at radius 1 is 1.33 bits per heavy atom. The third-order valence-electron chi connectivity index (χ3n) is 1.99. The maximum Gasteiger partial charge on any atom is 0.181 e. The van der Waals surface area contributed by atoms with Crippen LogP contribution in [0.3, 0.4) is 0 Å². The van der Waals surface area contributed by atoms with Crippen LogP contribution in [-0.2, 0) is 0 Å². The first-order valence-electron chi connectivity index (χ1n) is 4.37. The minimum absolute atomic E-state index is 0.0644. The molecule has 0 spiro atoms. The quantitative estimate of drug-likeness (QED) is 0.768. The van der Waals surface area contributed by atoms with E-state index in [-0.39, 0.29) is 17.8 Å². The van der Waals surface area contributed by atoms with Crippen LogP contribution in [-0.4, -0.2) is 26.4 Å². The van der Waals surface area contributed by atoms with Crippen molar-refractivity contribution >= 4 is 11.5 Å². The minimum Gasteiger partial charge on any atom is -0.375 e. The van der Waals surface area contributed by atoms with E-state index in [0.29, 0.717) is 0 Å². The lowest BCUT2D eigenvalue weighted by molar-refractivity contribution is 0.0997. The van der Waals surface area contributed by atoms with Crippen LogP contribution in [0, 0.1) is 11.6 Å². The van der Waals surface area contributed by atoms with Gasteiger partial charge >= 0.3 is 0 Å². The van der Waals surface area contributed by atoms with E-state index in [2.05, 4.69) is 0 Å². The Balaban J connectivity index is 3.45. The summed E-state index contributed by atoms with van der Waals surface area (Å²) in [7, 11) is 3.07. The molecule has 0 fully saturated rings. The van der Waals surface area contributed by atoms with E-state index in [9.17, 15) is 13.6 Å². The van der Waals surface area contributed by atoms with Crippen LogP contribution in [0.15, 0.2) is 12.1 Å². The van der Waals surface area contributed by atoms with E-state index in [4.69, 9.17) is 5.73 Å². The van der Waals surface area contributed by atoms with Gasteiger partial charge in [0.05, 0.1) is 17.8 Å². The second-order valence-electron chi connectivity index (χ2n) is 3.27. The molecule has 0 radical (unpaired) electrons. The molecule has 0 heterocycles. The number of carbonyl (C=O) groups excluding carboxylic acids is 1. The highest BCUT2D eigenvalue weighted by atomic mass is 19.1. The zero-order valence-electron chi connectivity index (χ0n) is 8.55. The molecule has 1 rings (SSSR count). The number of nitrogens with zero attached hydrogens (tertiary/aromatic N) is 1. The zero-order valence-corrected chi connectivity index (χ0v) is 8.55. The Kier molecular flexibility index (Phi) is 3.36. The Labute approximate surface area is 86.5 Å². The summed E-state index contributed by atoms with van der Waals surface area (Å²) < 4.78 is 26.7. The van der Waals surface area contributed by atoms with Crippen molar-refractivity contribution < 1.29 is 13.6 Å². The predicted octanol–water partition coefficient (Wildman–Crippen LogP) is 1.17. The van der Waals surface area contributed by atoms with Crippen LogP contribution in [0.4, 0.5) is 14.5 Å². The van der Waals surface area contributed by atoms with Gasteiger partial charge in [-0.05, 0) is 12.1 Å². The normalized spacial score (nSPS) is 10.2. The van der Waals surface area contributed by atoms with Gasteiger partial charge in [-0.2, -0.15) is 0 Å². The third kappa shape index (κ3) is 2.12. The average Bonchev–Trinajstić information content (AvgIpc) is 2.19. The molecule has 1 aromatic rings. The van der Waals surface area contributed by atoms with Gasteiger partial charge in [0.15, 0.2) is 5.78 Å². The summed E-state index contributed by atoms with van der Waals surface area (Å²) in [5.41, 5.74) is 4.78. The fourth-order valence-electron chi connectivity index (χ4n) is 1.35. The van der Waals surface area contributed by atoms with Crippen molar-refractivity contribution in [1.82, 2.24) is 0 Å². The molecular weight excluding hydrogens is 202 g/mol. The fraction of sp³-hybridized carbons (Fsp3) is 0.300. The molecule has 0 aliphatic heterocycles. The molecule has 0 bridgehead atoms. The van der Waals surface area contributed by atoms with Gasteiger partial charge in [0.25, 0.3) is 0 Å². The standard InChI is InChI=1S/C10H12F2N2O/c1-14(2)10-7(12)4-3-6(11)9(10)8(15)5-13/h3-4H,5,13H2,1-2H3. The summed E-state index contributed by atoms with van der Waals surface area (Å²) in [5.74, 6) is -2.01. The van der Waals surface area contributed by atoms with Gasteiger partial charge in [-0.25, -0.2) is 8.78 Å². The highest BCUT2D eigenvalue weighted by Gasteiger charge is 2.20. The number of rotatable bonds is 3. The number of carbonyl (C=O) groups is 1.